The standard InChI is InChI=1S/C11H20N2O3.ClH/c1-11(2,3)16-10(15)8-5-4-6-13(8)9(14)7-12;/h8H,4-7,12H2,1-3H3;1H/t8-;/m0./s1. The summed E-state index contributed by atoms with van der Waals surface area (Å²) in [6.45, 7) is 5.98. The van der Waals surface area contributed by atoms with Gasteiger partial charge < -0.3 is 15.4 Å². The molecule has 2 N–H and O–H groups in total. The molecule has 0 radical (unpaired) electrons. The number of amides is 1. The molecule has 0 aromatic rings. The van der Waals surface area contributed by atoms with Gasteiger partial charge in [-0.25, -0.2) is 4.79 Å². The SMILES string of the molecule is CC(C)(C)OC(=O)[C@@H]1CCCN1C(=O)CN.Cl. The molecule has 0 aromatic carbocycles. The first-order valence-corrected chi connectivity index (χ1v) is 5.57. The number of carbonyl (C=O) groups is 2. The lowest BCUT2D eigenvalue weighted by molar-refractivity contribution is -0.163. The van der Waals surface area contributed by atoms with E-state index in [4.69, 9.17) is 10.5 Å². The molecule has 1 rings (SSSR count). The molecule has 1 amide bonds. The number of esters is 1. The first kappa shape index (κ1) is 16.2. The molecule has 0 spiro atoms. The lowest BCUT2D eigenvalue weighted by atomic mass is 10.1. The molecular weight excluding hydrogens is 244 g/mol. The van der Waals surface area contributed by atoms with E-state index < -0.39 is 11.6 Å². The van der Waals surface area contributed by atoms with Crippen LogP contribution >= 0.6 is 12.4 Å². The van der Waals surface area contributed by atoms with E-state index in [1.54, 1.807) is 0 Å². The zero-order valence-corrected chi connectivity index (χ0v) is 11.4. The normalized spacial score (nSPS) is 19.8. The van der Waals surface area contributed by atoms with Crippen molar-refractivity contribution >= 4 is 24.3 Å². The van der Waals surface area contributed by atoms with E-state index in [0.717, 1.165) is 6.42 Å². The summed E-state index contributed by atoms with van der Waals surface area (Å²) in [6.07, 6.45) is 1.50. The van der Waals surface area contributed by atoms with E-state index >= 15 is 0 Å². The van der Waals surface area contributed by atoms with Crippen LogP contribution in [0.5, 0.6) is 0 Å². The molecule has 100 valence electrons. The van der Waals surface area contributed by atoms with E-state index in [1.807, 2.05) is 20.8 Å². The van der Waals surface area contributed by atoms with Crippen LogP contribution in [-0.4, -0.2) is 41.5 Å². The fourth-order valence-electron chi connectivity index (χ4n) is 1.80. The van der Waals surface area contributed by atoms with Crippen molar-refractivity contribution in [2.45, 2.75) is 45.3 Å². The molecule has 0 unspecified atom stereocenters. The van der Waals surface area contributed by atoms with Gasteiger partial charge in [-0.15, -0.1) is 12.4 Å². The summed E-state index contributed by atoms with van der Waals surface area (Å²) in [5.74, 6) is -0.514. The van der Waals surface area contributed by atoms with Gasteiger partial charge in [0.1, 0.15) is 11.6 Å². The largest absolute Gasteiger partial charge is 0.458 e. The summed E-state index contributed by atoms with van der Waals surface area (Å²) in [5.41, 5.74) is 4.78. The average molecular weight is 265 g/mol. The number of likely N-dealkylation sites (tertiary alicyclic amines) is 1. The number of halogens is 1. The zero-order valence-electron chi connectivity index (χ0n) is 10.6. The van der Waals surface area contributed by atoms with Gasteiger partial charge in [-0.2, -0.15) is 0 Å². The van der Waals surface area contributed by atoms with Crippen LogP contribution in [0.1, 0.15) is 33.6 Å². The molecule has 1 fully saturated rings. The number of nitrogens with zero attached hydrogens (tertiary/aromatic N) is 1. The van der Waals surface area contributed by atoms with Gasteiger partial charge in [-0.1, -0.05) is 0 Å². The highest BCUT2D eigenvalue weighted by atomic mass is 35.5. The highest BCUT2D eigenvalue weighted by Gasteiger charge is 2.36. The van der Waals surface area contributed by atoms with Gasteiger partial charge in [0.15, 0.2) is 0 Å². The number of carbonyl (C=O) groups excluding carboxylic acids is 2. The molecular formula is C11H21ClN2O3. The molecule has 1 atom stereocenters. The highest BCUT2D eigenvalue weighted by molar-refractivity contribution is 5.86. The number of hydrogen-bond donors (Lipinski definition) is 1. The minimum Gasteiger partial charge on any atom is -0.458 e. The van der Waals surface area contributed by atoms with Gasteiger partial charge in [0.2, 0.25) is 5.91 Å². The molecule has 0 bridgehead atoms. The van der Waals surface area contributed by atoms with Gasteiger partial charge >= 0.3 is 5.97 Å². The Hall–Kier alpha value is -0.810. The Morgan fingerprint density at radius 1 is 1.41 bits per heavy atom. The molecule has 1 saturated heterocycles. The van der Waals surface area contributed by atoms with E-state index in [1.165, 1.54) is 4.90 Å². The van der Waals surface area contributed by atoms with Crippen molar-refractivity contribution in [1.82, 2.24) is 4.90 Å². The van der Waals surface area contributed by atoms with Gasteiger partial charge in [0, 0.05) is 6.54 Å². The van der Waals surface area contributed by atoms with Crippen LogP contribution in [0.25, 0.3) is 0 Å². The van der Waals surface area contributed by atoms with Crippen LogP contribution in [0.4, 0.5) is 0 Å². The highest BCUT2D eigenvalue weighted by Crippen LogP contribution is 2.20. The summed E-state index contributed by atoms with van der Waals surface area (Å²) < 4.78 is 5.27. The minimum atomic E-state index is -0.517. The Kier molecular flexibility index (Phi) is 5.92. The summed E-state index contributed by atoms with van der Waals surface area (Å²) in [7, 11) is 0. The Balaban J connectivity index is 0.00000256. The second kappa shape index (κ2) is 6.21. The van der Waals surface area contributed by atoms with Crippen molar-refractivity contribution in [2.24, 2.45) is 5.73 Å². The second-order valence-corrected chi connectivity index (χ2v) is 4.98. The molecule has 1 aliphatic rings. The number of rotatable bonds is 2. The quantitative estimate of drug-likeness (QED) is 0.745. The van der Waals surface area contributed by atoms with E-state index in [-0.39, 0.29) is 30.8 Å². The molecule has 0 aliphatic carbocycles. The third-order valence-corrected chi connectivity index (χ3v) is 2.43. The van der Waals surface area contributed by atoms with Crippen molar-refractivity contribution in [1.29, 1.82) is 0 Å². The van der Waals surface area contributed by atoms with E-state index in [0.29, 0.717) is 13.0 Å². The van der Waals surface area contributed by atoms with Crippen LogP contribution < -0.4 is 5.73 Å². The number of hydrogen-bond acceptors (Lipinski definition) is 4. The topological polar surface area (TPSA) is 72.6 Å². The van der Waals surface area contributed by atoms with E-state index in [2.05, 4.69) is 0 Å². The Morgan fingerprint density at radius 3 is 2.47 bits per heavy atom. The maximum Gasteiger partial charge on any atom is 0.329 e. The van der Waals surface area contributed by atoms with Crippen LogP contribution in [0.3, 0.4) is 0 Å². The van der Waals surface area contributed by atoms with Crippen molar-refractivity contribution in [2.75, 3.05) is 13.1 Å². The number of ether oxygens (including phenoxy) is 1. The average Bonchev–Trinajstić information content (AvgIpc) is 2.62. The maximum absolute atomic E-state index is 11.8. The predicted octanol–water partition coefficient (Wildman–Crippen LogP) is 0.700. The third-order valence-electron chi connectivity index (χ3n) is 2.43. The van der Waals surface area contributed by atoms with Gasteiger partial charge in [-0.05, 0) is 33.6 Å². The minimum absolute atomic E-state index is 0. The fourth-order valence-corrected chi connectivity index (χ4v) is 1.80. The van der Waals surface area contributed by atoms with Crippen LogP contribution in [0.15, 0.2) is 0 Å². The Morgan fingerprint density at radius 2 is 2.00 bits per heavy atom. The van der Waals surface area contributed by atoms with Crippen LogP contribution in [-0.2, 0) is 14.3 Å². The van der Waals surface area contributed by atoms with E-state index in [9.17, 15) is 9.59 Å². The van der Waals surface area contributed by atoms with Crippen molar-refractivity contribution in [3.05, 3.63) is 0 Å². The summed E-state index contributed by atoms with van der Waals surface area (Å²) >= 11 is 0. The molecule has 17 heavy (non-hydrogen) atoms. The molecule has 1 heterocycles. The van der Waals surface area contributed by atoms with Gasteiger partial charge in [-0.3, -0.25) is 4.79 Å². The smallest absolute Gasteiger partial charge is 0.329 e. The van der Waals surface area contributed by atoms with Crippen LogP contribution in [0.2, 0.25) is 0 Å². The van der Waals surface area contributed by atoms with Crippen molar-refractivity contribution in [3.8, 4) is 0 Å². The first-order valence-electron chi connectivity index (χ1n) is 5.57. The summed E-state index contributed by atoms with van der Waals surface area (Å²) in [4.78, 5) is 24.8. The lowest BCUT2D eigenvalue weighted by Crippen LogP contribution is -2.45. The molecule has 1 aliphatic heterocycles. The molecule has 0 saturated carbocycles. The van der Waals surface area contributed by atoms with Gasteiger partial charge in [0.05, 0.1) is 6.54 Å². The third kappa shape index (κ3) is 4.52. The van der Waals surface area contributed by atoms with Crippen LogP contribution in [0, 0.1) is 0 Å². The molecule has 5 nitrogen and oxygen atoms in total. The first-order chi connectivity index (χ1) is 7.35. The number of nitrogens with two attached hydrogens (primary N) is 1. The second-order valence-electron chi connectivity index (χ2n) is 4.98. The summed E-state index contributed by atoms with van der Waals surface area (Å²) in [5, 5.41) is 0. The fraction of sp³-hybridized carbons (Fsp3) is 0.818. The molecule has 6 heteroatoms. The molecule has 0 aromatic heterocycles. The Labute approximate surface area is 108 Å². The van der Waals surface area contributed by atoms with Gasteiger partial charge in [0.25, 0.3) is 0 Å². The predicted molar refractivity (Wildman–Crippen MR) is 66.9 cm³/mol. The summed E-state index contributed by atoms with van der Waals surface area (Å²) in [6, 6.07) is -0.449. The van der Waals surface area contributed by atoms with Crippen molar-refractivity contribution in [3.63, 3.8) is 0 Å². The Bertz CT molecular complexity index is 289. The lowest BCUT2D eigenvalue weighted by Gasteiger charge is -2.27. The van der Waals surface area contributed by atoms with Crippen molar-refractivity contribution < 1.29 is 14.3 Å². The zero-order chi connectivity index (χ0) is 12.3. The maximum atomic E-state index is 11.8. The monoisotopic (exact) mass is 264 g/mol.